The number of nitrogens with one attached hydrogen (secondary N) is 3. The number of fused-ring (bicyclic) bond motifs is 1. The molecular weight excluding hydrogens is 252 g/mol. The van der Waals surface area contributed by atoms with Crippen LogP contribution in [0.1, 0.15) is 46.5 Å². The zero-order valence-corrected chi connectivity index (χ0v) is 12.5. The van der Waals surface area contributed by atoms with Gasteiger partial charge in [0.15, 0.2) is 5.65 Å². The minimum absolute atomic E-state index is 0.437. The molecule has 0 radical (unpaired) electrons. The summed E-state index contributed by atoms with van der Waals surface area (Å²) in [5.74, 6) is 1.51. The minimum Gasteiger partial charge on any atom is -0.367 e. The molecule has 110 valence electrons. The van der Waals surface area contributed by atoms with Crippen molar-refractivity contribution in [1.82, 2.24) is 20.2 Å². The van der Waals surface area contributed by atoms with E-state index in [1.54, 1.807) is 6.20 Å². The molecular formula is C14H24N6. The van der Waals surface area contributed by atoms with E-state index in [4.69, 9.17) is 0 Å². The topological polar surface area (TPSA) is 78.5 Å². The summed E-state index contributed by atoms with van der Waals surface area (Å²) < 4.78 is 0. The van der Waals surface area contributed by atoms with E-state index in [1.165, 1.54) is 0 Å². The fraction of sp³-hybridized carbons (Fsp3) is 0.643. The van der Waals surface area contributed by atoms with Gasteiger partial charge in [0.2, 0.25) is 5.95 Å². The molecule has 0 aliphatic rings. The Hall–Kier alpha value is -1.85. The normalized spacial score (nSPS) is 12.6. The Bertz CT molecular complexity index is 535. The number of hydrogen-bond donors (Lipinski definition) is 3. The van der Waals surface area contributed by atoms with Crippen molar-refractivity contribution in [2.75, 3.05) is 17.2 Å². The van der Waals surface area contributed by atoms with Gasteiger partial charge in [-0.3, -0.25) is 5.10 Å². The van der Waals surface area contributed by atoms with Gasteiger partial charge in [-0.2, -0.15) is 15.1 Å². The number of nitrogens with zero attached hydrogens (tertiary/aromatic N) is 3. The molecule has 20 heavy (non-hydrogen) atoms. The second-order valence-electron chi connectivity index (χ2n) is 4.99. The Morgan fingerprint density at radius 1 is 1.20 bits per heavy atom. The fourth-order valence-electron chi connectivity index (χ4n) is 2.18. The summed E-state index contributed by atoms with van der Waals surface area (Å²) in [6.07, 6.45) is 6.19. The van der Waals surface area contributed by atoms with Crippen molar-refractivity contribution in [1.29, 1.82) is 0 Å². The lowest BCUT2D eigenvalue weighted by Gasteiger charge is -2.17. The number of anilines is 2. The second kappa shape index (κ2) is 7.07. The van der Waals surface area contributed by atoms with Gasteiger partial charge in [0.05, 0.1) is 11.6 Å². The second-order valence-corrected chi connectivity index (χ2v) is 4.99. The Labute approximate surface area is 119 Å². The van der Waals surface area contributed by atoms with Crippen LogP contribution in [0.4, 0.5) is 11.8 Å². The zero-order valence-electron chi connectivity index (χ0n) is 12.5. The molecule has 0 fully saturated rings. The smallest absolute Gasteiger partial charge is 0.226 e. The Kier molecular flexibility index (Phi) is 5.15. The minimum atomic E-state index is 0.437. The molecule has 2 aromatic heterocycles. The monoisotopic (exact) mass is 276 g/mol. The number of H-pyrrole nitrogens is 1. The van der Waals surface area contributed by atoms with Crippen LogP contribution < -0.4 is 10.6 Å². The van der Waals surface area contributed by atoms with Gasteiger partial charge in [0.1, 0.15) is 5.82 Å². The third-order valence-corrected chi connectivity index (χ3v) is 3.31. The molecule has 0 saturated heterocycles. The molecule has 2 heterocycles. The molecule has 1 unspecified atom stereocenters. The summed E-state index contributed by atoms with van der Waals surface area (Å²) in [4.78, 5) is 9.02. The van der Waals surface area contributed by atoms with E-state index >= 15 is 0 Å². The van der Waals surface area contributed by atoms with Gasteiger partial charge >= 0.3 is 0 Å². The van der Waals surface area contributed by atoms with Crippen LogP contribution in [0.25, 0.3) is 11.0 Å². The Morgan fingerprint density at radius 2 is 2.05 bits per heavy atom. The first-order valence-electron chi connectivity index (χ1n) is 7.49. The van der Waals surface area contributed by atoms with Gasteiger partial charge in [-0.25, -0.2) is 0 Å². The number of rotatable bonds is 8. The number of aromatic amines is 1. The van der Waals surface area contributed by atoms with Gasteiger partial charge in [-0.05, 0) is 19.3 Å². The summed E-state index contributed by atoms with van der Waals surface area (Å²) in [5.41, 5.74) is 0.771. The first kappa shape index (κ1) is 14.6. The van der Waals surface area contributed by atoms with Crippen LogP contribution in [-0.2, 0) is 0 Å². The summed E-state index contributed by atoms with van der Waals surface area (Å²) >= 11 is 0. The quantitative estimate of drug-likeness (QED) is 0.690. The lowest BCUT2D eigenvalue weighted by Crippen LogP contribution is -2.19. The molecule has 0 aliphatic carbocycles. The predicted molar refractivity (Wildman–Crippen MR) is 83.1 cm³/mol. The summed E-state index contributed by atoms with van der Waals surface area (Å²) in [6.45, 7) is 7.38. The van der Waals surface area contributed by atoms with Crippen molar-refractivity contribution < 1.29 is 0 Å². The SMILES string of the molecule is CCCNc1nc(NC(CC)CCC)c2cn[nH]c2n1. The summed E-state index contributed by atoms with van der Waals surface area (Å²) in [7, 11) is 0. The van der Waals surface area contributed by atoms with Gasteiger partial charge in [-0.15, -0.1) is 0 Å². The lowest BCUT2D eigenvalue weighted by molar-refractivity contribution is 0.621. The van der Waals surface area contributed by atoms with Crippen LogP contribution in [0.2, 0.25) is 0 Å². The first-order valence-corrected chi connectivity index (χ1v) is 7.49. The maximum atomic E-state index is 4.59. The molecule has 0 amide bonds. The number of aromatic nitrogens is 4. The van der Waals surface area contributed by atoms with Crippen LogP contribution in [0.15, 0.2) is 6.20 Å². The van der Waals surface area contributed by atoms with Crippen LogP contribution in [-0.4, -0.2) is 32.8 Å². The molecule has 1 atom stereocenters. The van der Waals surface area contributed by atoms with Crippen molar-refractivity contribution in [3.8, 4) is 0 Å². The van der Waals surface area contributed by atoms with Crippen molar-refractivity contribution in [2.45, 2.75) is 52.5 Å². The average molecular weight is 276 g/mol. The zero-order chi connectivity index (χ0) is 14.4. The molecule has 0 aromatic carbocycles. The number of hydrogen-bond acceptors (Lipinski definition) is 5. The van der Waals surface area contributed by atoms with E-state index in [9.17, 15) is 0 Å². The van der Waals surface area contributed by atoms with Gasteiger partial charge in [0.25, 0.3) is 0 Å². The van der Waals surface area contributed by atoms with E-state index in [0.717, 1.165) is 49.1 Å². The highest BCUT2D eigenvalue weighted by molar-refractivity contribution is 5.87. The van der Waals surface area contributed by atoms with Crippen molar-refractivity contribution >= 4 is 22.8 Å². The van der Waals surface area contributed by atoms with Crippen LogP contribution >= 0.6 is 0 Å². The van der Waals surface area contributed by atoms with Gasteiger partial charge in [0, 0.05) is 12.6 Å². The predicted octanol–water partition coefficient (Wildman–Crippen LogP) is 3.17. The van der Waals surface area contributed by atoms with Crippen molar-refractivity contribution in [2.24, 2.45) is 0 Å². The lowest BCUT2D eigenvalue weighted by atomic mass is 10.1. The van der Waals surface area contributed by atoms with E-state index in [0.29, 0.717) is 12.0 Å². The molecule has 0 bridgehead atoms. The standard InChI is InChI=1S/C14H24N6/c1-4-7-10(6-3)17-12-11-9-16-20-13(11)19-14(18-12)15-8-5-2/h9-10H,4-8H2,1-3H3,(H3,15,16,17,18,19,20). The van der Waals surface area contributed by atoms with E-state index < -0.39 is 0 Å². The summed E-state index contributed by atoms with van der Waals surface area (Å²) in [6, 6.07) is 0.437. The van der Waals surface area contributed by atoms with Crippen LogP contribution in [0, 0.1) is 0 Å². The highest BCUT2D eigenvalue weighted by atomic mass is 15.2. The maximum absolute atomic E-state index is 4.59. The highest BCUT2D eigenvalue weighted by Gasteiger charge is 2.12. The summed E-state index contributed by atoms with van der Waals surface area (Å²) in [5, 5.41) is 14.7. The van der Waals surface area contributed by atoms with Gasteiger partial charge in [-0.1, -0.05) is 27.2 Å². The molecule has 3 N–H and O–H groups in total. The van der Waals surface area contributed by atoms with E-state index in [1.807, 2.05) is 0 Å². The van der Waals surface area contributed by atoms with Crippen molar-refractivity contribution in [3.63, 3.8) is 0 Å². The van der Waals surface area contributed by atoms with Gasteiger partial charge < -0.3 is 10.6 Å². The fourth-order valence-corrected chi connectivity index (χ4v) is 2.18. The molecule has 6 nitrogen and oxygen atoms in total. The average Bonchev–Trinajstić information content (AvgIpc) is 2.93. The molecule has 0 spiro atoms. The Balaban J connectivity index is 2.26. The maximum Gasteiger partial charge on any atom is 0.226 e. The van der Waals surface area contributed by atoms with Crippen LogP contribution in [0.5, 0.6) is 0 Å². The molecule has 2 rings (SSSR count). The first-order chi connectivity index (χ1) is 9.78. The van der Waals surface area contributed by atoms with Crippen LogP contribution in [0.3, 0.4) is 0 Å². The molecule has 0 saturated carbocycles. The molecule has 6 heteroatoms. The molecule has 2 aromatic rings. The highest BCUT2D eigenvalue weighted by Crippen LogP contribution is 2.22. The van der Waals surface area contributed by atoms with Crippen molar-refractivity contribution in [3.05, 3.63) is 6.20 Å². The Morgan fingerprint density at radius 3 is 2.75 bits per heavy atom. The van der Waals surface area contributed by atoms with E-state index in [2.05, 4.69) is 51.6 Å². The third kappa shape index (κ3) is 3.37. The largest absolute Gasteiger partial charge is 0.367 e. The molecule has 0 aliphatic heterocycles. The van der Waals surface area contributed by atoms with E-state index in [-0.39, 0.29) is 0 Å². The third-order valence-electron chi connectivity index (χ3n) is 3.31.